The van der Waals surface area contributed by atoms with Gasteiger partial charge in [-0.25, -0.2) is 0 Å². The predicted molar refractivity (Wildman–Crippen MR) is 62.2 cm³/mol. The van der Waals surface area contributed by atoms with Crippen molar-refractivity contribution >= 4 is 23.0 Å². The summed E-state index contributed by atoms with van der Waals surface area (Å²) in [5, 5.41) is 7.65. The van der Waals surface area contributed by atoms with E-state index in [9.17, 15) is 0 Å². The lowest BCUT2D eigenvalue weighted by Crippen LogP contribution is -2.37. The van der Waals surface area contributed by atoms with E-state index in [0.29, 0.717) is 12.0 Å². The quantitative estimate of drug-likeness (QED) is 0.744. The molecule has 0 aromatic heterocycles. The first-order chi connectivity index (χ1) is 6.68. The highest BCUT2D eigenvalue weighted by Crippen LogP contribution is 2.33. The smallest absolute Gasteiger partial charge is 0.0766 e. The van der Waals surface area contributed by atoms with E-state index in [4.69, 9.17) is 11.6 Å². The molecule has 0 saturated carbocycles. The summed E-state index contributed by atoms with van der Waals surface area (Å²) in [5.41, 5.74) is 2.15. The largest absolute Gasteiger partial charge is 0.380 e. The highest BCUT2D eigenvalue weighted by Gasteiger charge is 2.20. The molecule has 14 heavy (non-hydrogen) atoms. The molecule has 76 valence electrons. The Kier molecular flexibility index (Phi) is 2.55. The molecule has 1 atom stereocenters. The summed E-state index contributed by atoms with van der Waals surface area (Å²) in [6.45, 7) is 5.37. The Hall–Kier alpha value is -0.890. The van der Waals surface area contributed by atoms with Crippen molar-refractivity contribution in [3.05, 3.63) is 23.2 Å². The van der Waals surface area contributed by atoms with Gasteiger partial charge in [0.25, 0.3) is 0 Å². The Morgan fingerprint density at radius 1 is 1.43 bits per heavy atom. The summed E-state index contributed by atoms with van der Waals surface area (Å²) in [7, 11) is 0. The van der Waals surface area contributed by atoms with Crippen molar-refractivity contribution in [1.82, 2.24) is 0 Å². The lowest BCUT2D eigenvalue weighted by atomic mass is 10.0. The minimum atomic E-state index is 0.487. The normalized spacial score (nSPS) is 19.9. The third-order valence-corrected chi connectivity index (χ3v) is 2.97. The number of benzene rings is 1. The average molecular weight is 211 g/mol. The summed E-state index contributed by atoms with van der Waals surface area (Å²) in [6, 6.07) is 6.42. The van der Waals surface area contributed by atoms with Gasteiger partial charge in [0.05, 0.1) is 16.4 Å². The van der Waals surface area contributed by atoms with Gasteiger partial charge in [-0.2, -0.15) is 0 Å². The molecule has 3 heteroatoms. The van der Waals surface area contributed by atoms with Gasteiger partial charge in [0.2, 0.25) is 0 Å². The SMILES string of the molecule is CC(C)C1CNc2c(Cl)cccc2N1. The number of nitrogens with one attached hydrogen (secondary N) is 2. The van der Waals surface area contributed by atoms with Crippen molar-refractivity contribution in [3.63, 3.8) is 0 Å². The number of rotatable bonds is 1. The van der Waals surface area contributed by atoms with E-state index in [1.165, 1.54) is 0 Å². The second kappa shape index (κ2) is 3.70. The molecule has 0 spiro atoms. The Bertz CT molecular complexity index is 336. The lowest BCUT2D eigenvalue weighted by molar-refractivity contribution is 0.536. The number of fused-ring (bicyclic) bond motifs is 1. The highest BCUT2D eigenvalue weighted by molar-refractivity contribution is 6.34. The average Bonchev–Trinajstić information content (AvgIpc) is 2.17. The standard InChI is InChI=1S/C11H15ClN2/c1-7(2)10-6-13-11-8(12)4-3-5-9(11)14-10/h3-5,7,10,13-14H,6H2,1-2H3. The maximum atomic E-state index is 6.07. The van der Waals surface area contributed by atoms with Crippen LogP contribution in [0, 0.1) is 5.92 Å². The van der Waals surface area contributed by atoms with E-state index in [2.05, 4.69) is 30.5 Å². The van der Waals surface area contributed by atoms with Crippen LogP contribution in [0.5, 0.6) is 0 Å². The molecule has 2 rings (SSSR count). The number of anilines is 2. The Morgan fingerprint density at radius 2 is 2.21 bits per heavy atom. The lowest BCUT2D eigenvalue weighted by Gasteiger charge is -2.31. The van der Waals surface area contributed by atoms with E-state index in [-0.39, 0.29) is 0 Å². The minimum absolute atomic E-state index is 0.487. The number of para-hydroxylation sites is 1. The number of halogens is 1. The molecular weight excluding hydrogens is 196 g/mol. The molecule has 2 nitrogen and oxygen atoms in total. The highest BCUT2D eigenvalue weighted by atomic mass is 35.5. The van der Waals surface area contributed by atoms with Crippen molar-refractivity contribution in [3.8, 4) is 0 Å². The second-order valence-electron chi connectivity index (χ2n) is 4.04. The van der Waals surface area contributed by atoms with Gasteiger partial charge in [-0.15, -0.1) is 0 Å². The fourth-order valence-electron chi connectivity index (χ4n) is 1.69. The molecule has 2 N–H and O–H groups in total. The van der Waals surface area contributed by atoms with E-state index in [1.54, 1.807) is 0 Å². The predicted octanol–water partition coefficient (Wildman–Crippen LogP) is 3.20. The Labute approximate surface area is 89.7 Å². The van der Waals surface area contributed by atoms with E-state index in [1.807, 2.05) is 12.1 Å². The monoisotopic (exact) mass is 210 g/mol. The van der Waals surface area contributed by atoms with Crippen LogP contribution in [0.1, 0.15) is 13.8 Å². The zero-order chi connectivity index (χ0) is 10.1. The molecule has 0 radical (unpaired) electrons. The summed E-state index contributed by atoms with van der Waals surface area (Å²) in [4.78, 5) is 0. The molecular formula is C11H15ClN2. The zero-order valence-electron chi connectivity index (χ0n) is 8.47. The first-order valence-corrected chi connectivity index (χ1v) is 5.35. The Balaban J connectivity index is 2.27. The molecule has 0 amide bonds. The van der Waals surface area contributed by atoms with Crippen LogP contribution >= 0.6 is 11.6 Å². The molecule has 0 saturated heterocycles. The molecule has 1 unspecified atom stereocenters. The van der Waals surface area contributed by atoms with Crippen molar-refractivity contribution in [2.24, 2.45) is 5.92 Å². The van der Waals surface area contributed by atoms with Crippen LogP contribution in [0.3, 0.4) is 0 Å². The first kappa shape index (κ1) is 9.66. The van der Waals surface area contributed by atoms with Crippen LogP contribution in [-0.2, 0) is 0 Å². The van der Waals surface area contributed by atoms with Crippen LogP contribution < -0.4 is 10.6 Å². The third-order valence-electron chi connectivity index (χ3n) is 2.66. The van der Waals surface area contributed by atoms with Crippen molar-refractivity contribution in [2.75, 3.05) is 17.2 Å². The second-order valence-corrected chi connectivity index (χ2v) is 4.45. The summed E-state index contributed by atoms with van der Waals surface area (Å²) < 4.78 is 0. The fourth-order valence-corrected chi connectivity index (χ4v) is 1.93. The molecule has 1 heterocycles. The van der Waals surface area contributed by atoms with E-state index >= 15 is 0 Å². The third kappa shape index (κ3) is 1.67. The summed E-state index contributed by atoms with van der Waals surface area (Å²) in [5.74, 6) is 0.620. The van der Waals surface area contributed by atoms with Crippen LogP contribution in [0.25, 0.3) is 0 Å². The van der Waals surface area contributed by atoms with Crippen LogP contribution in [0.15, 0.2) is 18.2 Å². The van der Waals surface area contributed by atoms with Gasteiger partial charge in [-0.05, 0) is 18.1 Å². The van der Waals surface area contributed by atoms with Crippen molar-refractivity contribution < 1.29 is 0 Å². The van der Waals surface area contributed by atoms with Gasteiger partial charge in [-0.3, -0.25) is 0 Å². The first-order valence-electron chi connectivity index (χ1n) is 4.97. The van der Waals surface area contributed by atoms with Crippen molar-refractivity contribution in [2.45, 2.75) is 19.9 Å². The van der Waals surface area contributed by atoms with E-state index in [0.717, 1.165) is 22.9 Å². The number of hydrogen-bond acceptors (Lipinski definition) is 2. The Morgan fingerprint density at radius 3 is 2.93 bits per heavy atom. The van der Waals surface area contributed by atoms with Gasteiger partial charge in [-0.1, -0.05) is 31.5 Å². The van der Waals surface area contributed by atoms with Gasteiger partial charge in [0.15, 0.2) is 0 Å². The van der Waals surface area contributed by atoms with Gasteiger partial charge in [0.1, 0.15) is 0 Å². The van der Waals surface area contributed by atoms with Crippen molar-refractivity contribution in [1.29, 1.82) is 0 Å². The summed E-state index contributed by atoms with van der Waals surface area (Å²) >= 11 is 6.07. The topological polar surface area (TPSA) is 24.1 Å². The van der Waals surface area contributed by atoms with Gasteiger partial charge >= 0.3 is 0 Å². The molecule has 0 bridgehead atoms. The van der Waals surface area contributed by atoms with E-state index < -0.39 is 0 Å². The summed E-state index contributed by atoms with van der Waals surface area (Å²) in [6.07, 6.45) is 0. The van der Waals surface area contributed by atoms with Crippen LogP contribution in [0.4, 0.5) is 11.4 Å². The number of hydrogen-bond donors (Lipinski definition) is 2. The molecule has 1 aliphatic rings. The van der Waals surface area contributed by atoms with Crippen LogP contribution in [0.2, 0.25) is 5.02 Å². The molecule has 1 aromatic carbocycles. The maximum absolute atomic E-state index is 6.07. The molecule has 1 aliphatic heterocycles. The minimum Gasteiger partial charge on any atom is -0.380 e. The fraction of sp³-hybridized carbons (Fsp3) is 0.455. The van der Waals surface area contributed by atoms with Gasteiger partial charge in [0, 0.05) is 12.6 Å². The molecule has 0 aliphatic carbocycles. The molecule has 0 fully saturated rings. The van der Waals surface area contributed by atoms with Crippen LogP contribution in [-0.4, -0.2) is 12.6 Å². The van der Waals surface area contributed by atoms with Gasteiger partial charge < -0.3 is 10.6 Å². The maximum Gasteiger partial charge on any atom is 0.0766 e. The zero-order valence-corrected chi connectivity index (χ0v) is 9.23. The molecule has 1 aromatic rings.